The fraction of sp³-hybridized carbons (Fsp3) is 0.0714. The van der Waals surface area contributed by atoms with Crippen LogP contribution in [-0.4, -0.2) is 5.91 Å². The van der Waals surface area contributed by atoms with Crippen molar-refractivity contribution in [1.82, 2.24) is 0 Å². The number of benzene rings is 2. The van der Waals surface area contributed by atoms with Crippen LogP contribution in [0.25, 0.3) is 0 Å². The summed E-state index contributed by atoms with van der Waals surface area (Å²) in [6.07, 6.45) is 0.214. The summed E-state index contributed by atoms with van der Waals surface area (Å²) in [5, 5.41) is 3.86. The Balaban J connectivity index is 2.03. The number of anilines is 1. The molecule has 0 aromatic heterocycles. The molecule has 5 heteroatoms. The zero-order chi connectivity index (χ0) is 13.8. The van der Waals surface area contributed by atoms with E-state index >= 15 is 0 Å². The molecule has 1 N–H and O–H groups in total. The minimum atomic E-state index is -0.119. The smallest absolute Gasteiger partial charge is 0.228 e. The van der Waals surface area contributed by atoms with Crippen LogP contribution in [0, 0.1) is 0 Å². The van der Waals surface area contributed by atoms with Gasteiger partial charge in [0.15, 0.2) is 0 Å². The number of rotatable bonds is 3. The predicted octanol–water partition coefficient (Wildman–Crippen LogP) is 4.94. The molecule has 0 bridgehead atoms. The normalized spacial score (nSPS) is 10.3. The van der Waals surface area contributed by atoms with Gasteiger partial charge in [0.1, 0.15) is 0 Å². The number of nitrogens with one attached hydrogen (secondary N) is 1. The van der Waals surface area contributed by atoms with Crippen LogP contribution < -0.4 is 5.32 Å². The summed E-state index contributed by atoms with van der Waals surface area (Å²) in [5.74, 6) is -0.119. The molecule has 2 rings (SSSR count). The Morgan fingerprint density at radius 3 is 2.42 bits per heavy atom. The molecule has 0 aliphatic rings. The van der Waals surface area contributed by atoms with Gasteiger partial charge in [0, 0.05) is 20.2 Å². The summed E-state index contributed by atoms with van der Waals surface area (Å²) in [7, 11) is 0. The van der Waals surface area contributed by atoms with Crippen molar-refractivity contribution >= 4 is 50.7 Å². The number of hydrogen-bond donors (Lipinski definition) is 1. The SMILES string of the molecule is O=C(Cc1ccc(Cl)cc1Cl)Nc1ccc(Br)cc1. The van der Waals surface area contributed by atoms with Gasteiger partial charge in [0.05, 0.1) is 6.42 Å². The molecule has 0 radical (unpaired) electrons. The van der Waals surface area contributed by atoms with Crippen LogP contribution in [-0.2, 0) is 11.2 Å². The Hall–Kier alpha value is -1.03. The van der Waals surface area contributed by atoms with Crippen molar-refractivity contribution < 1.29 is 4.79 Å². The average molecular weight is 359 g/mol. The Morgan fingerprint density at radius 1 is 1.11 bits per heavy atom. The summed E-state index contributed by atoms with van der Waals surface area (Å²) in [4.78, 5) is 11.9. The Labute approximate surface area is 129 Å². The van der Waals surface area contributed by atoms with Gasteiger partial charge >= 0.3 is 0 Å². The molecule has 0 unspecified atom stereocenters. The van der Waals surface area contributed by atoms with E-state index in [9.17, 15) is 4.79 Å². The maximum atomic E-state index is 11.9. The van der Waals surface area contributed by atoms with Gasteiger partial charge in [-0.15, -0.1) is 0 Å². The minimum absolute atomic E-state index is 0.119. The maximum absolute atomic E-state index is 11.9. The predicted molar refractivity (Wildman–Crippen MR) is 82.9 cm³/mol. The van der Waals surface area contributed by atoms with Gasteiger partial charge in [-0.05, 0) is 42.0 Å². The Morgan fingerprint density at radius 2 is 1.79 bits per heavy atom. The molecular weight excluding hydrogens is 349 g/mol. The van der Waals surface area contributed by atoms with Crippen molar-refractivity contribution in [3.05, 3.63) is 62.5 Å². The van der Waals surface area contributed by atoms with E-state index in [1.165, 1.54) is 0 Å². The quantitative estimate of drug-likeness (QED) is 0.827. The number of halogens is 3. The lowest BCUT2D eigenvalue weighted by atomic mass is 10.1. The average Bonchev–Trinajstić information content (AvgIpc) is 2.36. The van der Waals surface area contributed by atoms with Crippen molar-refractivity contribution in [3.8, 4) is 0 Å². The third kappa shape index (κ3) is 4.23. The molecule has 0 spiro atoms. The molecule has 0 saturated carbocycles. The van der Waals surface area contributed by atoms with Crippen molar-refractivity contribution in [2.45, 2.75) is 6.42 Å². The van der Waals surface area contributed by atoms with Crippen LogP contribution in [0.4, 0.5) is 5.69 Å². The second-order valence-electron chi connectivity index (χ2n) is 3.97. The number of carbonyl (C=O) groups excluding carboxylic acids is 1. The second-order valence-corrected chi connectivity index (χ2v) is 5.73. The van der Waals surface area contributed by atoms with E-state index in [4.69, 9.17) is 23.2 Å². The highest BCUT2D eigenvalue weighted by Crippen LogP contribution is 2.22. The molecule has 0 heterocycles. The molecular formula is C14H10BrCl2NO. The Bertz CT molecular complexity index is 599. The van der Waals surface area contributed by atoms with E-state index in [-0.39, 0.29) is 12.3 Å². The van der Waals surface area contributed by atoms with E-state index in [0.717, 1.165) is 15.7 Å². The Kier molecular flexibility index (Phi) is 4.86. The first kappa shape index (κ1) is 14.4. The lowest BCUT2D eigenvalue weighted by Gasteiger charge is -2.07. The standard InChI is InChI=1S/C14H10BrCl2NO/c15-10-2-5-12(6-3-10)18-14(19)7-9-1-4-11(16)8-13(9)17/h1-6,8H,7H2,(H,18,19). The first-order valence-corrected chi connectivity index (χ1v) is 7.09. The maximum Gasteiger partial charge on any atom is 0.228 e. The van der Waals surface area contributed by atoms with Crippen molar-refractivity contribution in [3.63, 3.8) is 0 Å². The monoisotopic (exact) mass is 357 g/mol. The molecule has 0 aliphatic heterocycles. The van der Waals surface area contributed by atoms with Crippen LogP contribution in [0.1, 0.15) is 5.56 Å². The summed E-state index contributed by atoms with van der Waals surface area (Å²) >= 11 is 15.2. The van der Waals surface area contributed by atoms with Crippen LogP contribution >= 0.6 is 39.1 Å². The highest BCUT2D eigenvalue weighted by Gasteiger charge is 2.08. The fourth-order valence-electron chi connectivity index (χ4n) is 1.58. The van der Waals surface area contributed by atoms with E-state index < -0.39 is 0 Å². The van der Waals surface area contributed by atoms with Crippen LogP contribution in [0.2, 0.25) is 10.0 Å². The lowest BCUT2D eigenvalue weighted by molar-refractivity contribution is -0.115. The van der Waals surface area contributed by atoms with Gasteiger partial charge in [-0.25, -0.2) is 0 Å². The molecule has 2 nitrogen and oxygen atoms in total. The van der Waals surface area contributed by atoms with Gasteiger partial charge in [0.2, 0.25) is 5.91 Å². The second kappa shape index (κ2) is 6.42. The van der Waals surface area contributed by atoms with E-state index in [0.29, 0.717) is 10.0 Å². The molecule has 0 aliphatic carbocycles. The highest BCUT2D eigenvalue weighted by molar-refractivity contribution is 9.10. The first-order chi connectivity index (χ1) is 9.04. The van der Waals surface area contributed by atoms with Gasteiger partial charge in [-0.3, -0.25) is 4.79 Å². The zero-order valence-corrected chi connectivity index (χ0v) is 12.9. The van der Waals surface area contributed by atoms with E-state index in [2.05, 4.69) is 21.2 Å². The molecule has 0 fully saturated rings. The van der Waals surface area contributed by atoms with Crippen LogP contribution in [0.15, 0.2) is 46.9 Å². The molecule has 2 aromatic carbocycles. The van der Waals surface area contributed by atoms with Gasteiger partial charge in [0.25, 0.3) is 0 Å². The number of hydrogen-bond acceptors (Lipinski definition) is 1. The van der Waals surface area contributed by atoms with Crippen molar-refractivity contribution in [1.29, 1.82) is 0 Å². The molecule has 2 aromatic rings. The lowest BCUT2D eigenvalue weighted by Crippen LogP contribution is -2.14. The van der Waals surface area contributed by atoms with Crippen LogP contribution in [0.3, 0.4) is 0 Å². The zero-order valence-electron chi connectivity index (χ0n) is 9.79. The van der Waals surface area contributed by atoms with Crippen LogP contribution in [0.5, 0.6) is 0 Å². The van der Waals surface area contributed by atoms with Gasteiger partial charge < -0.3 is 5.32 Å². The van der Waals surface area contributed by atoms with Crippen molar-refractivity contribution in [2.75, 3.05) is 5.32 Å². The van der Waals surface area contributed by atoms with E-state index in [1.807, 2.05) is 24.3 Å². The summed E-state index contributed by atoms with van der Waals surface area (Å²) in [6.45, 7) is 0. The summed E-state index contributed by atoms with van der Waals surface area (Å²) in [6, 6.07) is 12.5. The topological polar surface area (TPSA) is 29.1 Å². The van der Waals surface area contributed by atoms with Gasteiger partial charge in [-0.2, -0.15) is 0 Å². The highest BCUT2D eigenvalue weighted by atomic mass is 79.9. The summed E-state index contributed by atoms with van der Waals surface area (Å²) in [5.41, 5.74) is 1.50. The van der Waals surface area contributed by atoms with Crippen molar-refractivity contribution in [2.24, 2.45) is 0 Å². The molecule has 0 saturated heterocycles. The third-order valence-electron chi connectivity index (χ3n) is 2.49. The third-order valence-corrected chi connectivity index (χ3v) is 3.61. The number of carbonyl (C=O) groups is 1. The molecule has 98 valence electrons. The minimum Gasteiger partial charge on any atom is -0.326 e. The molecule has 0 atom stereocenters. The number of amides is 1. The fourth-order valence-corrected chi connectivity index (χ4v) is 2.32. The van der Waals surface area contributed by atoms with Gasteiger partial charge in [-0.1, -0.05) is 45.2 Å². The summed E-state index contributed by atoms with van der Waals surface area (Å²) < 4.78 is 0.964. The molecule has 19 heavy (non-hydrogen) atoms. The molecule has 1 amide bonds. The first-order valence-electron chi connectivity index (χ1n) is 5.54. The largest absolute Gasteiger partial charge is 0.326 e. The van der Waals surface area contributed by atoms with E-state index in [1.54, 1.807) is 18.2 Å².